The van der Waals surface area contributed by atoms with Gasteiger partial charge >= 0.3 is 277 Å². The number of hydrogen-bond donors (Lipinski definition) is 0. The van der Waals surface area contributed by atoms with Crippen LogP contribution < -0.4 is 15.9 Å². The van der Waals surface area contributed by atoms with Crippen LogP contribution in [0.3, 0.4) is 0 Å². The molecule has 0 spiro atoms. The zero-order chi connectivity index (χ0) is 34.3. The maximum absolute atomic E-state index is 15.3. The van der Waals surface area contributed by atoms with E-state index in [1.54, 1.807) is 151 Å². The van der Waals surface area contributed by atoms with E-state index in [0.717, 1.165) is 4.08 Å². The van der Waals surface area contributed by atoms with Gasteiger partial charge < -0.3 is 0 Å². The van der Waals surface area contributed by atoms with E-state index < -0.39 is 51.4 Å². The summed E-state index contributed by atoms with van der Waals surface area (Å²) in [6, 6.07) is 33.2. The number of ether oxygens (including phenoxy) is 2. The second kappa shape index (κ2) is 11.9. The minimum atomic E-state index is -5.37. The predicted molar refractivity (Wildman–Crippen MR) is 184 cm³/mol. The Kier molecular flexibility index (Phi) is 8.54. The van der Waals surface area contributed by atoms with Crippen molar-refractivity contribution in [1.29, 1.82) is 0 Å². The first kappa shape index (κ1) is 33.8. The zero-order valence-corrected chi connectivity index (χ0v) is 28.9. The molecule has 0 fully saturated rings. The van der Waals surface area contributed by atoms with Crippen LogP contribution in [0.1, 0.15) is 41.5 Å². The molecule has 5 rings (SSSR count). The Bertz CT molecular complexity index is 1870. The van der Waals surface area contributed by atoms with E-state index >= 15 is 18.0 Å². The molecule has 1 aliphatic heterocycles. The number of carbonyl (C=O) groups excluding carboxylic acids is 3. The molecular weight excluding hydrogens is 633 g/mol. The van der Waals surface area contributed by atoms with Gasteiger partial charge in [-0.15, -0.1) is 0 Å². The van der Waals surface area contributed by atoms with E-state index in [1.165, 1.54) is 12.1 Å². The number of benzene rings is 4. The van der Waals surface area contributed by atoms with E-state index in [9.17, 15) is 4.79 Å². The Labute approximate surface area is 276 Å². The van der Waals surface area contributed by atoms with Crippen molar-refractivity contribution in [3.63, 3.8) is 0 Å². The molecule has 0 saturated heterocycles. The number of hydrogen-bond acceptors (Lipinski definition) is 7. The van der Waals surface area contributed by atoms with Crippen LogP contribution in [0.2, 0.25) is 0 Å². The number of carbonyl (C=O) groups is 3. The Balaban J connectivity index is 2.18. The van der Waals surface area contributed by atoms with Gasteiger partial charge in [0, 0.05) is 0 Å². The van der Waals surface area contributed by atoms with Gasteiger partial charge in [0.1, 0.15) is 0 Å². The fourth-order valence-electron chi connectivity index (χ4n) is 6.13. The summed E-state index contributed by atoms with van der Waals surface area (Å²) in [4.78, 5) is 44.5. The first-order valence-corrected chi connectivity index (χ1v) is 18.7. The number of nitrogens with zero attached hydrogens (tertiary/aromatic N) is 1. The van der Waals surface area contributed by atoms with Crippen LogP contribution in [0.4, 0.5) is 0 Å². The summed E-state index contributed by atoms with van der Waals surface area (Å²) in [7, 11) is -4.83. The van der Waals surface area contributed by atoms with Crippen molar-refractivity contribution in [2.24, 2.45) is 0 Å². The van der Waals surface area contributed by atoms with Gasteiger partial charge in [-0.3, -0.25) is 0 Å². The molecule has 0 bridgehead atoms. The number of rotatable bonds is 7. The predicted octanol–water partition coefficient (Wildman–Crippen LogP) is 5.60. The van der Waals surface area contributed by atoms with E-state index in [0.29, 0.717) is 15.9 Å². The van der Waals surface area contributed by atoms with Gasteiger partial charge in [0.25, 0.3) is 0 Å². The van der Waals surface area contributed by atoms with Crippen molar-refractivity contribution in [2.75, 3.05) is 0 Å². The summed E-state index contributed by atoms with van der Waals surface area (Å²) in [5.74, 6) is -3.32. The molecule has 1 amide bonds. The molecule has 1 aliphatic rings. The van der Waals surface area contributed by atoms with Crippen molar-refractivity contribution < 1.29 is 32.3 Å². The summed E-state index contributed by atoms with van der Waals surface area (Å²) in [6.07, 6.45) is 0. The molecule has 8 nitrogen and oxygen atoms in total. The third kappa shape index (κ3) is 5.37. The van der Waals surface area contributed by atoms with Crippen LogP contribution in [-0.4, -0.2) is 41.5 Å². The van der Waals surface area contributed by atoms with E-state index in [4.69, 9.17) is 9.47 Å². The Morgan fingerprint density at radius 2 is 0.915 bits per heavy atom. The first-order chi connectivity index (χ1) is 22.1. The summed E-state index contributed by atoms with van der Waals surface area (Å²) < 4.78 is 43.2. The molecule has 4 aromatic carbocycles. The average Bonchev–Trinajstić information content (AvgIpc) is 3.29. The van der Waals surface area contributed by atoms with Gasteiger partial charge in [0.15, 0.2) is 0 Å². The second-order valence-corrected chi connectivity index (χ2v) is 19.8. The summed E-state index contributed by atoms with van der Waals surface area (Å²) >= 11 is 0. The van der Waals surface area contributed by atoms with Crippen molar-refractivity contribution >= 4 is 50.5 Å². The first-order valence-electron chi connectivity index (χ1n) is 15.1. The normalized spacial score (nSPS) is 17.0. The molecule has 1 heterocycles. The average molecular weight is 672 g/mol. The van der Waals surface area contributed by atoms with Gasteiger partial charge in [-0.05, 0) is 0 Å². The molecule has 0 radical (unpaired) electrons. The van der Waals surface area contributed by atoms with Crippen LogP contribution in [0.5, 0.6) is 0 Å². The Hall–Kier alpha value is -4.59. The molecule has 47 heavy (non-hydrogen) atoms. The van der Waals surface area contributed by atoms with Gasteiger partial charge in [0.2, 0.25) is 0 Å². The van der Waals surface area contributed by atoms with E-state index in [-0.39, 0.29) is 10.2 Å². The third-order valence-corrected chi connectivity index (χ3v) is 16.9. The number of amides is 1. The molecule has 244 valence electrons. The maximum atomic E-state index is 15.3. The monoisotopic (exact) mass is 671 g/mol. The summed E-state index contributed by atoms with van der Waals surface area (Å²) in [5.41, 5.74) is -2.89. The molecule has 0 aliphatic carbocycles. The number of sulfonamides is 1. The van der Waals surface area contributed by atoms with Gasteiger partial charge in [-0.2, -0.15) is 0 Å². The Morgan fingerprint density at radius 1 is 0.574 bits per heavy atom. The molecule has 0 atom stereocenters. The third-order valence-electron chi connectivity index (χ3n) is 7.66. The van der Waals surface area contributed by atoms with Crippen molar-refractivity contribution in [3.8, 4) is 0 Å². The van der Waals surface area contributed by atoms with E-state index in [1.807, 2.05) is 0 Å². The molecule has 10 heteroatoms. The van der Waals surface area contributed by atoms with Crippen molar-refractivity contribution in [2.45, 2.75) is 57.6 Å². The minimum absolute atomic E-state index is 0.195. The summed E-state index contributed by atoms with van der Waals surface area (Å²) in [5, 5.41) is 0.641. The fourth-order valence-corrected chi connectivity index (χ4v) is 16.5. The van der Waals surface area contributed by atoms with Crippen LogP contribution in [0, 0.1) is 0 Å². The molecular formula is C37H38NO7PS. The van der Waals surface area contributed by atoms with Crippen LogP contribution in [-0.2, 0) is 33.9 Å². The quantitative estimate of drug-likeness (QED) is 0.143. The van der Waals surface area contributed by atoms with Crippen LogP contribution in [0.25, 0.3) is 0 Å². The topological polar surface area (TPSA) is 107 Å². The standard InChI is InChI=1S/C37H38NO7PS/c1-36(2,3)44-34(40)31-32(35(41)45-37(4,5)6)46(27-19-11-7-12-20-27,28-21-13-8-14-22-28,29-23-15-9-16-24-29)38(33(31)39)47(42,43)30-25-17-10-18-26-30/h7-26H,1-6H3. The fraction of sp³-hybridized carbons (Fsp3) is 0.216. The SMILES string of the molecule is CC(C)(C)OC(=O)C1=C(C(=O)OC(C)(C)C)P(c2ccccc2)(c2ccccc2)(c2ccccc2)N(S(=O)(=O)c2ccccc2)C1=O. The zero-order valence-electron chi connectivity index (χ0n) is 27.2. The van der Waals surface area contributed by atoms with Crippen LogP contribution >= 0.6 is 6.75 Å². The molecule has 4 aromatic rings. The van der Waals surface area contributed by atoms with Gasteiger partial charge in [-0.1, -0.05) is 0 Å². The second-order valence-electron chi connectivity index (χ2n) is 13.2. The van der Waals surface area contributed by atoms with Crippen molar-refractivity contribution in [1.82, 2.24) is 4.08 Å². The van der Waals surface area contributed by atoms with Gasteiger partial charge in [0.05, 0.1) is 0 Å². The Morgan fingerprint density at radius 3 is 1.28 bits per heavy atom. The van der Waals surface area contributed by atoms with Gasteiger partial charge in [-0.25, -0.2) is 0 Å². The van der Waals surface area contributed by atoms with Crippen molar-refractivity contribution in [3.05, 3.63) is 132 Å². The number of esters is 2. The van der Waals surface area contributed by atoms with Crippen LogP contribution in [0.15, 0.2) is 137 Å². The summed E-state index contributed by atoms with van der Waals surface area (Å²) in [6.45, 7) is 4.50. The molecule has 0 saturated carbocycles. The molecule has 0 aromatic heterocycles. The molecule has 0 unspecified atom stereocenters. The van der Waals surface area contributed by atoms with E-state index in [2.05, 4.69) is 0 Å². The molecule has 0 N–H and O–H groups in total.